The van der Waals surface area contributed by atoms with Crippen molar-refractivity contribution >= 4 is 17.9 Å². The van der Waals surface area contributed by atoms with E-state index in [0.29, 0.717) is 19.3 Å². The van der Waals surface area contributed by atoms with Gasteiger partial charge >= 0.3 is 17.9 Å². The van der Waals surface area contributed by atoms with Crippen LogP contribution in [0.2, 0.25) is 0 Å². The van der Waals surface area contributed by atoms with Gasteiger partial charge in [0.05, 0.1) is 0 Å². The van der Waals surface area contributed by atoms with Crippen LogP contribution in [0, 0.1) is 0 Å². The standard InChI is InChI=1S/C71H126O6/c1-4-7-10-13-16-19-22-25-27-29-31-33-34-35-36-38-39-41-43-46-49-52-55-58-61-64-70(73)76-67-68(66-75-69(72)63-60-57-54-51-48-45-24-21-18-15-12-9-6-3)77-71(74)65-62-59-56-53-50-47-44-42-40-37-32-30-28-26-23-20-17-14-11-8-5-2/h12,15,21,23-24,26,29-32,40,42,68H,4-11,13-14,16-20,22,25,27-28,33-39,41,43-67H2,1-3H3/b15-12-,24-21-,26-23-,31-29-,32-30-,42-40-. The first-order chi connectivity index (χ1) is 38.0. The van der Waals surface area contributed by atoms with Gasteiger partial charge in [-0.15, -0.1) is 0 Å². The average molecular weight is 1080 g/mol. The summed E-state index contributed by atoms with van der Waals surface area (Å²) in [6.45, 7) is 6.58. The molecule has 1 atom stereocenters. The van der Waals surface area contributed by atoms with Crippen LogP contribution in [0.3, 0.4) is 0 Å². The molecule has 0 bridgehead atoms. The Balaban J connectivity index is 4.31. The number of carbonyl (C=O) groups is 3. The normalized spacial score (nSPS) is 12.5. The molecule has 0 aromatic rings. The highest BCUT2D eigenvalue weighted by Gasteiger charge is 2.19. The highest BCUT2D eigenvalue weighted by molar-refractivity contribution is 5.71. The van der Waals surface area contributed by atoms with Crippen LogP contribution < -0.4 is 0 Å². The van der Waals surface area contributed by atoms with Crippen LogP contribution in [0.1, 0.15) is 342 Å². The van der Waals surface area contributed by atoms with Gasteiger partial charge in [-0.3, -0.25) is 14.4 Å². The van der Waals surface area contributed by atoms with E-state index < -0.39 is 6.10 Å². The number of esters is 3. The SMILES string of the molecule is CCC/C=C\C/C=C\CCCCCCCC(=O)OCC(COC(=O)CCCCCCCCCCCCCCC/C=C\CCCCCCCCCC)OC(=O)CCCCCCCC/C=C\C/C=C\C/C=C\CCCCCCC. The Bertz CT molecular complexity index is 1420. The van der Waals surface area contributed by atoms with E-state index in [1.165, 1.54) is 186 Å². The van der Waals surface area contributed by atoms with E-state index in [4.69, 9.17) is 14.2 Å². The van der Waals surface area contributed by atoms with Crippen molar-refractivity contribution in [3.8, 4) is 0 Å². The van der Waals surface area contributed by atoms with Gasteiger partial charge in [0, 0.05) is 19.3 Å². The van der Waals surface area contributed by atoms with Gasteiger partial charge in [-0.1, -0.05) is 286 Å². The van der Waals surface area contributed by atoms with Crippen LogP contribution in [0.15, 0.2) is 72.9 Å². The maximum Gasteiger partial charge on any atom is 0.306 e. The highest BCUT2D eigenvalue weighted by Crippen LogP contribution is 2.17. The lowest BCUT2D eigenvalue weighted by Gasteiger charge is -2.18. The molecule has 0 fully saturated rings. The van der Waals surface area contributed by atoms with E-state index in [1.807, 2.05) is 0 Å². The molecular formula is C71H126O6. The number of ether oxygens (including phenoxy) is 3. The van der Waals surface area contributed by atoms with Crippen LogP contribution >= 0.6 is 0 Å². The molecule has 0 aromatic carbocycles. The van der Waals surface area contributed by atoms with Gasteiger partial charge in [-0.05, 0) is 109 Å². The fourth-order valence-corrected chi connectivity index (χ4v) is 9.60. The van der Waals surface area contributed by atoms with Crippen molar-refractivity contribution in [2.24, 2.45) is 0 Å². The summed E-state index contributed by atoms with van der Waals surface area (Å²) in [4.78, 5) is 38.3. The number of allylic oxidation sites excluding steroid dienone is 12. The Hall–Kier alpha value is -3.15. The molecule has 0 saturated heterocycles. The van der Waals surface area contributed by atoms with Crippen LogP contribution in [0.4, 0.5) is 0 Å². The molecule has 0 aliphatic carbocycles. The highest BCUT2D eigenvalue weighted by atomic mass is 16.6. The zero-order chi connectivity index (χ0) is 55.7. The average Bonchev–Trinajstić information content (AvgIpc) is 3.43. The van der Waals surface area contributed by atoms with E-state index in [0.717, 1.165) is 116 Å². The third-order valence-corrected chi connectivity index (χ3v) is 14.6. The molecule has 446 valence electrons. The second-order valence-electron chi connectivity index (χ2n) is 22.4. The fraction of sp³-hybridized carbons (Fsp3) is 0.789. The van der Waals surface area contributed by atoms with Gasteiger partial charge in [-0.2, -0.15) is 0 Å². The second kappa shape index (κ2) is 65.4. The van der Waals surface area contributed by atoms with E-state index in [-0.39, 0.29) is 31.1 Å². The summed E-state index contributed by atoms with van der Waals surface area (Å²) < 4.78 is 16.9. The monoisotopic (exact) mass is 1070 g/mol. The Morgan fingerprint density at radius 3 is 0.792 bits per heavy atom. The first-order valence-corrected chi connectivity index (χ1v) is 33.4. The van der Waals surface area contributed by atoms with Crippen LogP contribution in [-0.4, -0.2) is 37.2 Å². The summed E-state index contributed by atoms with van der Waals surface area (Å²) in [7, 11) is 0. The third-order valence-electron chi connectivity index (χ3n) is 14.6. The molecule has 0 N–H and O–H groups in total. The van der Waals surface area contributed by atoms with Crippen molar-refractivity contribution in [3.05, 3.63) is 72.9 Å². The van der Waals surface area contributed by atoms with Crippen LogP contribution in [0.5, 0.6) is 0 Å². The summed E-state index contributed by atoms with van der Waals surface area (Å²) in [6.07, 6.45) is 84.9. The number of unbranched alkanes of at least 4 members (excludes halogenated alkanes) is 38. The Labute approximate surface area is 478 Å². The Morgan fingerprint density at radius 1 is 0.260 bits per heavy atom. The molecule has 0 saturated carbocycles. The lowest BCUT2D eigenvalue weighted by Crippen LogP contribution is -2.30. The summed E-state index contributed by atoms with van der Waals surface area (Å²) >= 11 is 0. The van der Waals surface area contributed by atoms with Gasteiger partial charge in [-0.25, -0.2) is 0 Å². The van der Waals surface area contributed by atoms with Gasteiger partial charge in [0.15, 0.2) is 6.10 Å². The largest absolute Gasteiger partial charge is 0.462 e. The molecule has 6 nitrogen and oxygen atoms in total. The van der Waals surface area contributed by atoms with Crippen molar-refractivity contribution in [1.82, 2.24) is 0 Å². The smallest absolute Gasteiger partial charge is 0.306 e. The lowest BCUT2D eigenvalue weighted by molar-refractivity contribution is -0.167. The van der Waals surface area contributed by atoms with Crippen molar-refractivity contribution in [2.45, 2.75) is 348 Å². The van der Waals surface area contributed by atoms with Gasteiger partial charge < -0.3 is 14.2 Å². The number of rotatable bonds is 61. The van der Waals surface area contributed by atoms with E-state index >= 15 is 0 Å². The molecule has 0 aromatic heterocycles. The van der Waals surface area contributed by atoms with E-state index in [1.54, 1.807) is 0 Å². The molecule has 6 heteroatoms. The number of hydrogen-bond acceptors (Lipinski definition) is 6. The minimum absolute atomic E-state index is 0.0838. The van der Waals surface area contributed by atoms with Gasteiger partial charge in [0.1, 0.15) is 13.2 Å². The van der Waals surface area contributed by atoms with Gasteiger partial charge in [0.25, 0.3) is 0 Å². The third kappa shape index (κ3) is 63.6. The molecule has 0 heterocycles. The molecule has 77 heavy (non-hydrogen) atoms. The first kappa shape index (κ1) is 73.8. The molecular weight excluding hydrogens is 949 g/mol. The van der Waals surface area contributed by atoms with Crippen LogP contribution in [0.25, 0.3) is 0 Å². The van der Waals surface area contributed by atoms with E-state index in [2.05, 4.69) is 93.7 Å². The molecule has 0 amide bonds. The van der Waals surface area contributed by atoms with Gasteiger partial charge in [0.2, 0.25) is 0 Å². The fourth-order valence-electron chi connectivity index (χ4n) is 9.60. The zero-order valence-electron chi connectivity index (χ0n) is 51.2. The maximum absolute atomic E-state index is 12.9. The Kier molecular flexibility index (Phi) is 62.7. The second-order valence-corrected chi connectivity index (χ2v) is 22.4. The lowest BCUT2D eigenvalue weighted by atomic mass is 10.0. The zero-order valence-corrected chi connectivity index (χ0v) is 51.2. The molecule has 1 unspecified atom stereocenters. The molecule has 0 spiro atoms. The summed E-state index contributed by atoms with van der Waals surface area (Å²) in [5.41, 5.74) is 0. The van der Waals surface area contributed by atoms with Crippen molar-refractivity contribution in [3.63, 3.8) is 0 Å². The minimum Gasteiger partial charge on any atom is -0.462 e. The number of carbonyl (C=O) groups excluding carboxylic acids is 3. The summed E-state index contributed by atoms with van der Waals surface area (Å²) in [5, 5.41) is 0. The molecule has 0 rings (SSSR count). The predicted octanol–water partition coefficient (Wildman–Crippen LogP) is 22.9. The summed E-state index contributed by atoms with van der Waals surface area (Å²) in [6, 6.07) is 0. The Morgan fingerprint density at radius 2 is 0.494 bits per heavy atom. The van der Waals surface area contributed by atoms with Crippen molar-refractivity contribution < 1.29 is 28.6 Å². The molecule has 0 aliphatic heterocycles. The topological polar surface area (TPSA) is 78.9 Å². The maximum atomic E-state index is 12.9. The predicted molar refractivity (Wildman–Crippen MR) is 335 cm³/mol. The quantitative estimate of drug-likeness (QED) is 0.0261. The van der Waals surface area contributed by atoms with E-state index in [9.17, 15) is 14.4 Å². The van der Waals surface area contributed by atoms with Crippen molar-refractivity contribution in [1.29, 1.82) is 0 Å². The van der Waals surface area contributed by atoms with Crippen LogP contribution in [-0.2, 0) is 28.6 Å². The van der Waals surface area contributed by atoms with Crippen molar-refractivity contribution in [2.75, 3.05) is 13.2 Å². The molecule has 0 aliphatic rings. The summed E-state index contributed by atoms with van der Waals surface area (Å²) in [5.74, 6) is -0.897. The minimum atomic E-state index is -0.789. The first-order valence-electron chi connectivity index (χ1n) is 33.4. The number of hydrogen-bond donors (Lipinski definition) is 0. The molecule has 0 radical (unpaired) electrons.